The Morgan fingerprint density at radius 2 is 2.06 bits per heavy atom. The third-order valence-electron chi connectivity index (χ3n) is 2.13. The summed E-state index contributed by atoms with van der Waals surface area (Å²) in [4.78, 5) is 11.7. The summed E-state index contributed by atoms with van der Waals surface area (Å²) in [6, 6.07) is 1.89. The first-order valence-corrected chi connectivity index (χ1v) is 5.62. The predicted molar refractivity (Wildman–Crippen MR) is 61.2 cm³/mol. The van der Waals surface area contributed by atoms with Gasteiger partial charge in [-0.2, -0.15) is 0 Å². The van der Waals surface area contributed by atoms with E-state index in [-0.39, 0.29) is 10.0 Å². The SMILES string of the molecule is Cn1c[n+](NC(=O)c2cc(F)c(Br)c(F)c2)cn1. The molecule has 0 radical (unpaired) electrons. The summed E-state index contributed by atoms with van der Waals surface area (Å²) in [5.41, 5.74) is 2.28. The van der Waals surface area contributed by atoms with E-state index in [9.17, 15) is 13.6 Å². The molecular weight excluding hydrogens is 310 g/mol. The van der Waals surface area contributed by atoms with Gasteiger partial charge in [0.2, 0.25) is 6.33 Å². The van der Waals surface area contributed by atoms with E-state index in [4.69, 9.17) is 0 Å². The molecular formula is C10H8BrF2N4O+. The molecule has 2 rings (SSSR count). The molecule has 0 saturated heterocycles. The third kappa shape index (κ3) is 2.53. The van der Waals surface area contributed by atoms with Gasteiger partial charge in [0.15, 0.2) is 0 Å². The van der Waals surface area contributed by atoms with Gasteiger partial charge in [0.1, 0.15) is 11.6 Å². The fourth-order valence-corrected chi connectivity index (χ4v) is 1.53. The number of hydrogen-bond donors (Lipinski definition) is 1. The van der Waals surface area contributed by atoms with Crippen LogP contribution in [0.3, 0.4) is 0 Å². The number of carbonyl (C=O) groups excluding carboxylic acids is 1. The van der Waals surface area contributed by atoms with E-state index < -0.39 is 17.5 Å². The largest absolute Gasteiger partial charge is 0.287 e. The first kappa shape index (κ1) is 12.6. The summed E-state index contributed by atoms with van der Waals surface area (Å²) in [5.74, 6) is -2.31. The van der Waals surface area contributed by atoms with Crippen molar-refractivity contribution in [1.29, 1.82) is 0 Å². The molecule has 5 nitrogen and oxygen atoms in total. The van der Waals surface area contributed by atoms with Gasteiger partial charge in [-0.25, -0.2) is 14.2 Å². The summed E-state index contributed by atoms with van der Waals surface area (Å²) in [5, 5.41) is 3.82. The van der Waals surface area contributed by atoms with Crippen molar-refractivity contribution in [1.82, 2.24) is 9.78 Å². The van der Waals surface area contributed by atoms with E-state index in [0.29, 0.717) is 0 Å². The van der Waals surface area contributed by atoms with Crippen LogP contribution in [0.4, 0.5) is 8.78 Å². The average molecular weight is 318 g/mol. The van der Waals surface area contributed by atoms with Crippen LogP contribution in [0, 0.1) is 11.6 Å². The molecule has 0 fully saturated rings. The maximum atomic E-state index is 13.3. The smallest absolute Gasteiger partial charge is 0.266 e. The molecule has 0 saturated carbocycles. The third-order valence-corrected chi connectivity index (χ3v) is 2.88. The van der Waals surface area contributed by atoms with Crippen molar-refractivity contribution >= 4 is 21.8 Å². The topological polar surface area (TPSA) is 50.8 Å². The van der Waals surface area contributed by atoms with Crippen molar-refractivity contribution in [3.05, 3.63) is 46.5 Å². The predicted octanol–water partition coefficient (Wildman–Crippen LogP) is 1.13. The number of carbonyl (C=O) groups is 1. The Balaban J connectivity index is 2.24. The molecule has 0 aliphatic heterocycles. The molecule has 0 aliphatic rings. The highest BCUT2D eigenvalue weighted by Crippen LogP contribution is 2.20. The molecule has 0 atom stereocenters. The van der Waals surface area contributed by atoms with E-state index in [1.54, 1.807) is 7.05 Å². The fourth-order valence-electron chi connectivity index (χ4n) is 1.30. The van der Waals surface area contributed by atoms with Crippen LogP contribution in [0.5, 0.6) is 0 Å². The highest BCUT2D eigenvalue weighted by Gasteiger charge is 2.15. The Morgan fingerprint density at radius 1 is 1.44 bits per heavy atom. The standard InChI is InChI=1S/C10H7BrF2N4O/c1-16-5-17(4-14-16)15-10(18)6-2-7(12)9(11)8(13)3-6/h2-5H,1H3/p+1. The second kappa shape index (κ2) is 4.81. The lowest BCUT2D eigenvalue weighted by Crippen LogP contribution is -2.46. The molecule has 1 aromatic carbocycles. The van der Waals surface area contributed by atoms with Gasteiger partial charge < -0.3 is 0 Å². The Kier molecular flexibility index (Phi) is 3.37. The van der Waals surface area contributed by atoms with E-state index in [0.717, 1.165) is 12.1 Å². The van der Waals surface area contributed by atoms with Crippen molar-refractivity contribution in [3.8, 4) is 0 Å². The Bertz CT molecular complexity index is 591. The zero-order valence-electron chi connectivity index (χ0n) is 9.19. The Labute approximate surface area is 109 Å². The molecule has 1 heterocycles. The summed E-state index contributed by atoms with van der Waals surface area (Å²) >= 11 is 2.73. The Morgan fingerprint density at radius 3 is 2.56 bits per heavy atom. The van der Waals surface area contributed by atoms with Crippen LogP contribution in [-0.4, -0.2) is 15.7 Å². The van der Waals surface area contributed by atoms with Crippen molar-refractivity contribution in [3.63, 3.8) is 0 Å². The lowest BCUT2D eigenvalue weighted by atomic mass is 10.2. The fraction of sp³-hybridized carbons (Fsp3) is 0.100. The van der Waals surface area contributed by atoms with Crippen molar-refractivity contribution in [2.45, 2.75) is 0 Å². The quantitative estimate of drug-likeness (QED) is 0.667. The molecule has 18 heavy (non-hydrogen) atoms. The van der Waals surface area contributed by atoms with Crippen LogP contribution < -0.4 is 10.1 Å². The normalized spacial score (nSPS) is 10.4. The lowest BCUT2D eigenvalue weighted by molar-refractivity contribution is -0.642. The maximum absolute atomic E-state index is 13.3. The van der Waals surface area contributed by atoms with Crippen LogP contribution in [0.15, 0.2) is 29.3 Å². The molecule has 2 aromatic rings. The van der Waals surface area contributed by atoms with Crippen molar-refractivity contribution < 1.29 is 18.3 Å². The number of nitrogens with one attached hydrogen (secondary N) is 1. The number of amides is 1. The minimum absolute atomic E-state index is 0.121. The van der Waals surface area contributed by atoms with E-state index in [2.05, 4.69) is 26.5 Å². The van der Waals surface area contributed by atoms with Gasteiger partial charge >= 0.3 is 0 Å². The van der Waals surface area contributed by atoms with E-state index >= 15 is 0 Å². The van der Waals surface area contributed by atoms with Crippen molar-refractivity contribution in [2.75, 3.05) is 5.43 Å². The van der Waals surface area contributed by atoms with E-state index in [1.165, 1.54) is 22.0 Å². The minimum Gasteiger partial charge on any atom is -0.266 e. The monoisotopic (exact) mass is 317 g/mol. The number of benzene rings is 1. The molecule has 1 N–H and O–H groups in total. The maximum Gasteiger partial charge on any atom is 0.287 e. The Hall–Kier alpha value is -1.83. The minimum atomic E-state index is -0.837. The summed E-state index contributed by atoms with van der Waals surface area (Å²) in [6.45, 7) is 0. The first-order valence-electron chi connectivity index (χ1n) is 4.83. The molecule has 1 aromatic heterocycles. The molecule has 8 heteroatoms. The second-order valence-corrected chi connectivity index (χ2v) is 4.32. The number of halogens is 3. The van der Waals surface area contributed by atoms with Gasteiger partial charge in [-0.15, -0.1) is 9.36 Å². The van der Waals surface area contributed by atoms with Gasteiger partial charge in [0.05, 0.1) is 11.5 Å². The van der Waals surface area contributed by atoms with Gasteiger partial charge in [0, 0.05) is 10.7 Å². The van der Waals surface area contributed by atoms with Crippen LogP contribution in [0.25, 0.3) is 0 Å². The highest BCUT2D eigenvalue weighted by molar-refractivity contribution is 9.10. The zero-order chi connectivity index (χ0) is 13.3. The van der Waals surface area contributed by atoms with Gasteiger partial charge in [0.25, 0.3) is 12.2 Å². The van der Waals surface area contributed by atoms with Gasteiger partial charge in [-0.05, 0) is 28.1 Å². The highest BCUT2D eigenvalue weighted by atomic mass is 79.9. The molecule has 0 unspecified atom stereocenters. The number of nitrogens with zero attached hydrogens (tertiary/aromatic N) is 3. The molecule has 0 aliphatic carbocycles. The number of hydrogen-bond acceptors (Lipinski definition) is 2. The zero-order valence-corrected chi connectivity index (χ0v) is 10.8. The first-order chi connectivity index (χ1) is 8.47. The molecule has 94 valence electrons. The second-order valence-electron chi connectivity index (χ2n) is 3.52. The van der Waals surface area contributed by atoms with Crippen LogP contribution in [0.1, 0.15) is 10.4 Å². The van der Waals surface area contributed by atoms with Gasteiger partial charge in [-0.3, -0.25) is 4.79 Å². The summed E-state index contributed by atoms with van der Waals surface area (Å²) in [6.07, 6.45) is 2.84. The molecule has 0 spiro atoms. The van der Waals surface area contributed by atoms with Crippen LogP contribution in [-0.2, 0) is 7.05 Å². The van der Waals surface area contributed by atoms with Crippen molar-refractivity contribution in [2.24, 2.45) is 7.05 Å². The average Bonchev–Trinajstić information content (AvgIpc) is 2.71. The number of aryl methyl sites for hydroxylation is 1. The number of aromatic nitrogens is 3. The van der Waals surface area contributed by atoms with Crippen LogP contribution >= 0.6 is 15.9 Å². The van der Waals surface area contributed by atoms with Crippen LogP contribution in [0.2, 0.25) is 0 Å². The van der Waals surface area contributed by atoms with Gasteiger partial charge in [-0.1, -0.05) is 0 Å². The lowest BCUT2D eigenvalue weighted by Gasteiger charge is -2.03. The number of rotatable bonds is 2. The summed E-state index contributed by atoms with van der Waals surface area (Å²) in [7, 11) is 1.67. The molecule has 0 bridgehead atoms. The van der Waals surface area contributed by atoms with E-state index in [1.807, 2.05) is 0 Å². The summed E-state index contributed by atoms with van der Waals surface area (Å²) < 4.78 is 28.9. The molecule has 1 amide bonds.